The Bertz CT molecular complexity index is 480. The number of hydrogen-bond donors (Lipinski definition) is 1. The number of thiophene rings is 1. The van der Waals surface area contributed by atoms with Gasteiger partial charge in [-0.15, -0.1) is 23.1 Å². The number of aliphatic hydroxyl groups is 1. The van der Waals surface area contributed by atoms with Crippen LogP contribution in [0.3, 0.4) is 0 Å². The van der Waals surface area contributed by atoms with Gasteiger partial charge in [-0.2, -0.15) is 13.2 Å². The predicted octanol–water partition coefficient (Wildman–Crippen LogP) is 5.03. The van der Waals surface area contributed by atoms with Gasteiger partial charge in [0.1, 0.15) is 9.94 Å². The van der Waals surface area contributed by atoms with Crippen LogP contribution in [0, 0.1) is 0 Å². The topological polar surface area (TPSA) is 37.3 Å². The van der Waals surface area contributed by atoms with Crippen molar-refractivity contribution in [2.24, 2.45) is 0 Å². The monoisotopic (exact) mass is 452 g/mol. The van der Waals surface area contributed by atoms with E-state index in [1.807, 2.05) is 11.5 Å². The summed E-state index contributed by atoms with van der Waals surface area (Å²) >= 11 is 8.67. The molecule has 1 aromatic heterocycles. The van der Waals surface area contributed by atoms with Crippen LogP contribution in [0.15, 0.2) is 27.4 Å². The van der Waals surface area contributed by atoms with E-state index < -0.39 is 12.3 Å². The molecule has 2 atom stereocenters. The van der Waals surface area contributed by atoms with Crippen LogP contribution >= 0.6 is 55.0 Å². The molecule has 0 saturated carbocycles. The van der Waals surface area contributed by atoms with Gasteiger partial charge in [-0.05, 0) is 39.9 Å². The van der Waals surface area contributed by atoms with Gasteiger partial charge < -0.3 is 9.90 Å². The first-order chi connectivity index (χ1) is 9.18. The summed E-state index contributed by atoms with van der Waals surface area (Å²) in [4.78, 5) is 10.1. The Labute approximate surface area is 138 Å². The van der Waals surface area contributed by atoms with E-state index in [2.05, 4.69) is 31.9 Å². The molecule has 0 radical (unpaired) electrons. The SMILES string of the molecule is O=CC1(Br)CC=CS1.OC(c1ccc(Br)s1)C(F)(F)F. The molecule has 0 amide bonds. The molecule has 20 heavy (non-hydrogen) atoms. The van der Waals surface area contributed by atoms with E-state index in [0.717, 1.165) is 24.0 Å². The normalized spacial score (nSPS) is 23.1. The third kappa shape index (κ3) is 5.51. The first kappa shape index (κ1) is 18.2. The lowest BCUT2D eigenvalue weighted by Crippen LogP contribution is -2.18. The lowest BCUT2D eigenvalue weighted by Gasteiger charge is -2.11. The second-order valence-corrected chi connectivity index (χ2v) is 9.35. The molecular formula is C11H9Br2F3O2S2. The fraction of sp³-hybridized carbons (Fsp3) is 0.364. The zero-order chi connectivity index (χ0) is 15.4. The number of thioether (sulfide) groups is 1. The summed E-state index contributed by atoms with van der Waals surface area (Å²) in [5.74, 6) is 0. The van der Waals surface area contributed by atoms with E-state index in [4.69, 9.17) is 5.11 Å². The largest absolute Gasteiger partial charge is 0.419 e. The highest BCUT2D eigenvalue weighted by atomic mass is 79.9. The van der Waals surface area contributed by atoms with Gasteiger partial charge in [-0.1, -0.05) is 22.0 Å². The minimum atomic E-state index is -4.58. The highest BCUT2D eigenvalue weighted by Crippen LogP contribution is 2.39. The van der Waals surface area contributed by atoms with E-state index in [1.54, 1.807) is 0 Å². The minimum Gasteiger partial charge on any atom is -0.379 e. The van der Waals surface area contributed by atoms with E-state index in [1.165, 1.54) is 23.9 Å². The Hall–Kier alpha value is 0.170. The number of alkyl halides is 4. The van der Waals surface area contributed by atoms with Crippen LogP contribution in [0.2, 0.25) is 0 Å². The molecule has 1 aromatic rings. The van der Waals surface area contributed by atoms with Gasteiger partial charge in [0.25, 0.3) is 0 Å². The maximum atomic E-state index is 11.9. The van der Waals surface area contributed by atoms with Crippen LogP contribution < -0.4 is 0 Å². The predicted molar refractivity (Wildman–Crippen MR) is 82.1 cm³/mol. The fourth-order valence-electron chi connectivity index (χ4n) is 1.13. The van der Waals surface area contributed by atoms with Crippen molar-refractivity contribution < 1.29 is 23.1 Å². The van der Waals surface area contributed by atoms with Crippen molar-refractivity contribution in [3.05, 3.63) is 32.3 Å². The molecule has 2 unspecified atom stereocenters. The third-order valence-corrected chi connectivity index (χ3v) is 5.84. The van der Waals surface area contributed by atoms with E-state index in [-0.39, 0.29) is 8.53 Å². The van der Waals surface area contributed by atoms with Crippen LogP contribution in [0.1, 0.15) is 17.4 Å². The molecule has 2 nitrogen and oxygen atoms in total. The molecule has 0 aliphatic carbocycles. The molecule has 0 saturated heterocycles. The molecule has 1 aliphatic rings. The van der Waals surface area contributed by atoms with Crippen LogP contribution in [0.4, 0.5) is 13.2 Å². The summed E-state index contributed by atoms with van der Waals surface area (Å²) in [5.41, 5.74) is 0. The van der Waals surface area contributed by atoms with Crippen molar-refractivity contribution in [2.45, 2.75) is 22.4 Å². The molecule has 2 heterocycles. The zero-order valence-electron chi connectivity index (χ0n) is 9.73. The molecule has 1 N–H and O–H groups in total. The molecule has 2 rings (SSSR count). The van der Waals surface area contributed by atoms with Crippen molar-refractivity contribution in [1.82, 2.24) is 0 Å². The average molecular weight is 454 g/mol. The second kappa shape index (κ2) is 7.44. The van der Waals surface area contributed by atoms with E-state index in [0.29, 0.717) is 3.79 Å². The average Bonchev–Trinajstić information content (AvgIpc) is 2.98. The van der Waals surface area contributed by atoms with Crippen LogP contribution in [0.5, 0.6) is 0 Å². The number of carbonyl (C=O) groups is 1. The van der Waals surface area contributed by atoms with Crippen molar-refractivity contribution >= 4 is 61.2 Å². The lowest BCUT2D eigenvalue weighted by molar-refractivity contribution is -0.205. The molecule has 9 heteroatoms. The molecule has 0 bridgehead atoms. The summed E-state index contributed by atoms with van der Waals surface area (Å²) in [7, 11) is 0. The standard InChI is InChI=1S/C6H4BrF3OS.C5H5BrOS/c7-4-2-1-3(12-4)5(11)6(8,9)10;6-5(4-7)2-1-3-8-5/h1-2,5,11H;1,3-4H,2H2. The van der Waals surface area contributed by atoms with Crippen LogP contribution in [0.25, 0.3) is 0 Å². The summed E-state index contributed by atoms with van der Waals surface area (Å²) in [5, 5.41) is 10.7. The maximum Gasteiger partial charge on any atom is 0.419 e. The maximum absolute atomic E-state index is 11.9. The molecule has 112 valence electrons. The lowest BCUT2D eigenvalue weighted by atomic mass is 10.3. The number of carbonyl (C=O) groups excluding carboxylic acids is 1. The minimum absolute atomic E-state index is 0.102. The Balaban J connectivity index is 0.000000217. The van der Waals surface area contributed by atoms with Gasteiger partial charge in [0, 0.05) is 4.88 Å². The summed E-state index contributed by atoms with van der Waals surface area (Å²) in [6.45, 7) is 0. The Morgan fingerprint density at radius 1 is 1.45 bits per heavy atom. The van der Waals surface area contributed by atoms with Crippen LogP contribution in [-0.2, 0) is 4.79 Å². The quantitative estimate of drug-likeness (QED) is 0.503. The van der Waals surface area contributed by atoms with Gasteiger partial charge >= 0.3 is 6.18 Å². The molecule has 0 fully saturated rings. The third-order valence-electron chi connectivity index (χ3n) is 2.11. The molecule has 0 spiro atoms. The Morgan fingerprint density at radius 2 is 2.10 bits per heavy atom. The molecule has 0 aromatic carbocycles. The smallest absolute Gasteiger partial charge is 0.379 e. The van der Waals surface area contributed by atoms with Gasteiger partial charge in [-0.25, -0.2) is 0 Å². The Morgan fingerprint density at radius 3 is 2.40 bits per heavy atom. The van der Waals surface area contributed by atoms with Crippen molar-refractivity contribution in [3.8, 4) is 0 Å². The van der Waals surface area contributed by atoms with Crippen molar-refractivity contribution in [2.75, 3.05) is 0 Å². The number of halogens is 5. The summed E-state index contributed by atoms with van der Waals surface area (Å²) in [6.07, 6.45) is -3.23. The summed E-state index contributed by atoms with van der Waals surface area (Å²) in [6, 6.07) is 2.71. The molecular weight excluding hydrogens is 445 g/mol. The van der Waals surface area contributed by atoms with Gasteiger partial charge in [-0.3, -0.25) is 0 Å². The fourth-order valence-corrected chi connectivity index (χ4v) is 3.74. The van der Waals surface area contributed by atoms with Crippen LogP contribution in [-0.4, -0.2) is 21.2 Å². The van der Waals surface area contributed by atoms with Gasteiger partial charge in [0.2, 0.25) is 0 Å². The molecule has 1 aliphatic heterocycles. The van der Waals surface area contributed by atoms with Gasteiger partial charge in [0.15, 0.2) is 6.10 Å². The van der Waals surface area contributed by atoms with E-state index >= 15 is 0 Å². The zero-order valence-corrected chi connectivity index (χ0v) is 14.5. The summed E-state index contributed by atoms with van der Waals surface area (Å²) < 4.78 is 35.9. The van der Waals surface area contributed by atoms with Crippen molar-refractivity contribution in [3.63, 3.8) is 0 Å². The first-order valence-corrected chi connectivity index (χ1v) is 8.44. The highest BCUT2D eigenvalue weighted by molar-refractivity contribution is 9.12. The number of hydrogen-bond acceptors (Lipinski definition) is 4. The van der Waals surface area contributed by atoms with Crippen molar-refractivity contribution in [1.29, 1.82) is 0 Å². The second-order valence-electron chi connectivity index (χ2n) is 3.68. The Kier molecular flexibility index (Phi) is 6.78. The number of aldehydes is 1. The highest BCUT2D eigenvalue weighted by Gasteiger charge is 2.40. The van der Waals surface area contributed by atoms with E-state index in [9.17, 15) is 18.0 Å². The number of aliphatic hydroxyl groups excluding tert-OH is 1. The van der Waals surface area contributed by atoms with Gasteiger partial charge in [0.05, 0.1) is 3.79 Å². The first-order valence-electron chi connectivity index (χ1n) is 5.16. The number of rotatable bonds is 2. The number of allylic oxidation sites excluding steroid dienone is 1.